The predicted octanol–water partition coefficient (Wildman–Crippen LogP) is 4.12. The zero-order valence-electron chi connectivity index (χ0n) is 16.9. The topological polar surface area (TPSA) is 63.7 Å². The van der Waals surface area contributed by atoms with Gasteiger partial charge in [0, 0.05) is 11.9 Å². The molecule has 0 unspecified atom stereocenters. The fourth-order valence-electron chi connectivity index (χ4n) is 3.05. The average Bonchev–Trinajstić information content (AvgIpc) is 2.76. The number of amides is 1. The highest BCUT2D eigenvalue weighted by Gasteiger charge is 2.20. The number of rotatable bonds is 7. The molecule has 5 nitrogen and oxygen atoms in total. The second kappa shape index (κ2) is 9.98. The summed E-state index contributed by atoms with van der Waals surface area (Å²) in [4.78, 5) is 27.5. The van der Waals surface area contributed by atoms with Crippen LogP contribution in [0.2, 0.25) is 0 Å². The number of anilines is 1. The Morgan fingerprint density at radius 1 is 0.933 bits per heavy atom. The van der Waals surface area contributed by atoms with Gasteiger partial charge in [0.1, 0.15) is 0 Å². The number of esters is 1. The summed E-state index contributed by atoms with van der Waals surface area (Å²) in [7, 11) is -1.34. The van der Waals surface area contributed by atoms with Crippen LogP contribution in [0.15, 0.2) is 83.8 Å². The molecular weight excluding hydrogens is 398 g/mol. The van der Waals surface area contributed by atoms with Gasteiger partial charge in [0.15, 0.2) is 6.61 Å². The van der Waals surface area contributed by atoms with Crippen molar-refractivity contribution in [1.82, 2.24) is 0 Å². The number of hydrogen-bond donors (Lipinski definition) is 0. The van der Waals surface area contributed by atoms with Crippen molar-refractivity contribution in [3.8, 4) is 0 Å². The average molecular weight is 422 g/mol. The number of aryl methyl sites for hydroxylation is 1. The molecule has 0 saturated carbocycles. The van der Waals surface area contributed by atoms with Crippen LogP contribution < -0.4 is 4.90 Å². The third kappa shape index (κ3) is 5.42. The van der Waals surface area contributed by atoms with E-state index in [1.807, 2.05) is 61.5 Å². The van der Waals surface area contributed by atoms with E-state index in [9.17, 15) is 13.8 Å². The molecule has 0 spiro atoms. The zero-order chi connectivity index (χ0) is 21.5. The van der Waals surface area contributed by atoms with E-state index in [4.69, 9.17) is 4.74 Å². The Morgan fingerprint density at radius 2 is 1.63 bits per heavy atom. The third-order valence-corrected chi connectivity index (χ3v) is 5.52. The lowest BCUT2D eigenvalue weighted by Crippen LogP contribution is -2.34. The molecule has 3 aromatic rings. The van der Waals surface area contributed by atoms with Crippen LogP contribution in [0.25, 0.3) is 0 Å². The molecule has 0 bridgehead atoms. The molecule has 0 aliphatic carbocycles. The first kappa shape index (κ1) is 21.5. The van der Waals surface area contributed by atoms with Crippen LogP contribution in [0, 0.1) is 6.92 Å². The highest BCUT2D eigenvalue weighted by Crippen LogP contribution is 2.20. The molecule has 3 aromatic carbocycles. The number of carbonyl (C=O) groups excluding carboxylic acids is 2. The van der Waals surface area contributed by atoms with Gasteiger partial charge >= 0.3 is 5.97 Å². The molecule has 30 heavy (non-hydrogen) atoms. The van der Waals surface area contributed by atoms with Crippen molar-refractivity contribution in [1.29, 1.82) is 0 Å². The van der Waals surface area contributed by atoms with Gasteiger partial charge in [-0.2, -0.15) is 0 Å². The summed E-state index contributed by atoms with van der Waals surface area (Å²) in [5.41, 5.74) is 2.92. The van der Waals surface area contributed by atoms with E-state index in [0.717, 1.165) is 16.8 Å². The van der Waals surface area contributed by atoms with Crippen molar-refractivity contribution in [2.45, 2.75) is 18.4 Å². The normalized spacial score (nSPS) is 11.5. The van der Waals surface area contributed by atoms with E-state index in [0.29, 0.717) is 11.4 Å². The number of carbonyl (C=O) groups is 2. The lowest BCUT2D eigenvalue weighted by molar-refractivity contribution is -0.121. The van der Waals surface area contributed by atoms with Gasteiger partial charge in [-0.1, -0.05) is 54.6 Å². The summed E-state index contributed by atoms with van der Waals surface area (Å²) in [5.74, 6) is -1.01. The third-order valence-electron chi connectivity index (χ3n) is 4.54. The van der Waals surface area contributed by atoms with Crippen LogP contribution in [-0.4, -0.2) is 28.9 Å². The zero-order valence-corrected chi connectivity index (χ0v) is 17.7. The maximum atomic E-state index is 13.0. The number of benzene rings is 3. The van der Waals surface area contributed by atoms with Crippen molar-refractivity contribution >= 4 is 28.4 Å². The Labute approximate surface area is 178 Å². The summed E-state index contributed by atoms with van der Waals surface area (Å²) in [6, 6.07) is 23.8. The summed E-state index contributed by atoms with van der Waals surface area (Å²) >= 11 is 0. The Morgan fingerprint density at radius 3 is 2.33 bits per heavy atom. The lowest BCUT2D eigenvalue weighted by Gasteiger charge is -2.23. The lowest BCUT2D eigenvalue weighted by atomic mass is 10.1. The van der Waals surface area contributed by atoms with Gasteiger partial charge in [0.2, 0.25) is 0 Å². The van der Waals surface area contributed by atoms with Crippen LogP contribution in [-0.2, 0) is 26.9 Å². The smallest absolute Gasteiger partial charge is 0.339 e. The van der Waals surface area contributed by atoms with Crippen molar-refractivity contribution in [2.75, 3.05) is 17.8 Å². The first-order valence-electron chi connectivity index (χ1n) is 9.46. The van der Waals surface area contributed by atoms with E-state index in [1.165, 1.54) is 6.26 Å². The van der Waals surface area contributed by atoms with Gasteiger partial charge in [-0.25, -0.2) is 4.79 Å². The maximum Gasteiger partial charge on any atom is 0.339 e. The van der Waals surface area contributed by atoms with Crippen molar-refractivity contribution in [2.24, 2.45) is 0 Å². The minimum atomic E-state index is -1.34. The van der Waals surface area contributed by atoms with Crippen molar-refractivity contribution in [3.63, 3.8) is 0 Å². The molecule has 1 amide bonds. The van der Waals surface area contributed by atoms with Gasteiger partial charge in [-0.3, -0.25) is 9.00 Å². The summed E-state index contributed by atoms with van der Waals surface area (Å²) in [6.45, 7) is 1.90. The first-order valence-corrected chi connectivity index (χ1v) is 11.0. The van der Waals surface area contributed by atoms with Crippen molar-refractivity contribution in [3.05, 3.63) is 95.6 Å². The monoisotopic (exact) mass is 421 g/mol. The summed E-state index contributed by atoms with van der Waals surface area (Å²) in [5, 5.41) is 0. The summed E-state index contributed by atoms with van der Waals surface area (Å²) < 4.78 is 17.2. The molecule has 0 saturated heterocycles. The first-order chi connectivity index (χ1) is 14.5. The molecule has 0 fully saturated rings. The molecule has 0 radical (unpaired) electrons. The second-order valence-corrected chi connectivity index (χ2v) is 8.18. The Hall–Kier alpha value is -3.25. The molecule has 0 N–H and O–H groups in total. The quantitative estimate of drug-likeness (QED) is 0.538. The van der Waals surface area contributed by atoms with Crippen LogP contribution >= 0.6 is 0 Å². The molecule has 154 valence electrons. The Kier molecular flexibility index (Phi) is 7.14. The van der Waals surface area contributed by atoms with Gasteiger partial charge in [-0.15, -0.1) is 0 Å². The number of hydrogen-bond acceptors (Lipinski definition) is 4. The molecular formula is C24H23NO4S. The highest BCUT2D eigenvalue weighted by atomic mass is 32.2. The number of ether oxygens (including phenoxy) is 1. The highest BCUT2D eigenvalue weighted by molar-refractivity contribution is 7.84. The van der Waals surface area contributed by atoms with Gasteiger partial charge in [0.05, 0.1) is 27.8 Å². The van der Waals surface area contributed by atoms with Crippen LogP contribution in [0.5, 0.6) is 0 Å². The number of nitrogens with zero attached hydrogens (tertiary/aromatic N) is 1. The SMILES string of the molecule is Cc1cccc(N(Cc2ccccc2)C(=O)COC(=O)c2ccccc2[S@](C)=O)c1. The molecule has 6 heteroatoms. The minimum Gasteiger partial charge on any atom is -0.452 e. The molecule has 3 rings (SSSR count). The summed E-state index contributed by atoms with van der Waals surface area (Å²) in [6.07, 6.45) is 1.50. The molecule has 0 aromatic heterocycles. The maximum absolute atomic E-state index is 13.0. The molecule has 0 aliphatic rings. The Balaban J connectivity index is 1.78. The van der Waals surface area contributed by atoms with Crippen LogP contribution in [0.1, 0.15) is 21.5 Å². The van der Waals surface area contributed by atoms with E-state index >= 15 is 0 Å². The van der Waals surface area contributed by atoms with E-state index in [-0.39, 0.29) is 11.5 Å². The molecule has 0 heterocycles. The largest absolute Gasteiger partial charge is 0.452 e. The van der Waals surface area contributed by atoms with Crippen molar-refractivity contribution < 1.29 is 18.5 Å². The van der Waals surface area contributed by atoms with E-state index in [1.54, 1.807) is 29.2 Å². The predicted molar refractivity (Wildman–Crippen MR) is 118 cm³/mol. The van der Waals surface area contributed by atoms with Gasteiger partial charge in [0.25, 0.3) is 5.91 Å². The standard InChI is InChI=1S/C24H23NO4S/c1-18-9-8-12-20(15-18)25(16-19-10-4-3-5-11-19)23(26)17-29-24(27)21-13-6-7-14-22(21)30(2)28/h3-15H,16-17H2,1-2H3/t30-/m0/s1. The fourth-order valence-corrected chi connectivity index (χ4v) is 3.79. The molecule has 0 aliphatic heterocycles. The van der Waals surface area contributed by atoms with Crippen LogP contribution in [0.4, 0.5) is 5.69 Å². The minimum absolute atomic E-state index is 0.205. The second-order valence-electron chi connectivity index (χ2n) is 6.83. The van der Waals surface area contributed by atoms with Gasteiger partial charge < -0.3 is 9.64 Å². The fraction of sp³-hybridized carbons (Fsp3) is 0.167. The molecule has 1 atom stereocenters. The van der Waals surface area contributed by atoms with E-state index < -0.39 is 23.4 Å². The van der Waals surface area contributed by atoms with Crippen LogP contribution in [0.3, 0.4) is 0 Å². The Bertz CT molecular complexity index is 1070. The van der Waals surface area contributed by atoms with Gasteiger partial charge in [-0.05, 0) is 42.3 Å². The van der Waals surface area contributed by atoms with E-state index in [2.05, 4.69) is 0 Å².